The molecule has 14 heteroatoms. The molecule has 0 spiro atoms. The summed E-state index contributed by atoms with van der Waals surface area (Å²) in [7, 11) is 0. The lowest BCUT2D eigenvalue weighted by Gasteiger charge is -2.38. The number of morpholine rings is 1. The van der Waals surface area contributed by atoms with Crippen LogP contribution >= 0.6 is 15.9 Å². The Morgan fingerprint density at radius 1 is 1.25 bits per heavy atom. The summed E-state index contributed by atoms with van der Waals surface area (Å²) in [6.07, 6.45) is -1.90. The number of halogens is 6. The number of alkyl halides is 3. The number of fused-ring (bicyclic) bond motifs is 1. The number of hydrogen-bond donors (Lipinski definition) is 2. The van der Waals surface area contributed by atoms with E-state index < -0.39 is 59.6 Å². The number of hydrogen-bond acceptors (Lipinski definition) is 5. The SMILES string of the molecule is O=C(N[C@@H](Cc1ccc(Br)c2nccn12)C(=O)O)c1c(F)cc(N2CCOC[C@@H]2C(F)(F)F)cc1F. The molecule has 3 heterocycles. The van der Waals surface area contributed by atoms with E-state index in [4.69, 9.17) is 4.74 Å². The van der Waals surface area contributed by atoms with E-state index in [0.29, 0.717) is 27.9 Å². The van der Waals surface area contributed by atoms with Crippen molar-refractivity contribution in [3.63, 3.8) is 0 Å². The molecule has 192 valence electrons. The third-order valence-corrected chi connectivity index (χ3v) is 6.31. The van der Waals surface area contributed by atoms with Gasteiger partial charge >= 0.3 is 12.1 Å². The zero-order valence-electron chi connectivity index (χ0n) is 18.2. The van der Waals surface area contributed by atoms with Crippen molar-refractivity contribution in [2.24, 2.45) is 0 Å². The fourth-order valence-corrected chi connectivity index (χ4v) is 4.39. The van der Waals surface area contributed by atoms with Crippen LogP contribution in [0.4, 0.5) is 27.6 Å². The predicted octanol–water partition coefficient (Wildman–Crippen LogP) is 3.57. The van der Waals surface area contributed by atoms with E-state index in [1.165, 1.54) is 6.20 Å². The Balaban J connectivity index is 1.58. The summed E-state index contributed by atoms with van der Waals surface area (Å²) in [6, 6.07) is 0.763. The van der Waals surface area contributed by atoms with Crippen LogP contribution in [0.25, 0.3) is 5.65 Å². The molecule has 0 unspecified atom stereocenters. The van der Waals surface area contributed by atoms with E-state index >= 15 is 0 Å². The molecule has 2 N–H and O–H groups in total. The summed E-state index contributed by atoms with van der Waals surface area (Å²) in [5.41, 5.74) is -0.583. The molecule has 1 aliphatic heterocycles. The topological polar surface area (TPSA) is 96.2 Å². The van der Waals surface area contributed by atoms with Crippen LogP contribution in [0.3, 0.4) is 0 Å². The lowest BCUT2D eigenvalue weighted by atomic mass is 10.1. The Hall–Kier alpha value is -3.26. The van der Waals surface area contributed by atoms with Gasteiger partial charge in [-0.05, 0) is 40.2 Å². The molecular weight excluding hydrogens is 559 g/mol. The van der Waals surface area contributed by atoms with Crippen molar-refractivity contribution in [2.45, 2.75) is 24.7 Å². The highest BCUT2D eigenvalue weighted by molar-refractivity contribution is 9.10. The second-order valence-corrected chi connectivity index (χ2v) is 8.83. The van der Waals surface area contributed by atoms with Crippen molar-refractivity contribution >= 4 is 39.1 Å². The number of aliphatic carboxylic acids is 1. The number of anilines is 1. The maximum absolute atomic E-state index is 14.8. The highest BCUT2D eigenvalue weighted by Gasteiger charge is 2.45. The minimum atomic E-state index is -4.72. The van der Waals surface area contributed by atoms with E-state index in [-0.39, 0.29) is 19.6 Å². The molecule has 1 amide bonds. The molecule has 2 aromatic heterocycles. The van der Waals surface area contributed by atoms with Crippen LogP contribution in [-0.4, -0.2) is 64.4 Å². The molecule has 2 atom stereocenters. The van der Waals surface area contributed by atoms with Gasteiger partial charge in [0.1, 0.15) is 29.3 Å². The number of carboxylic acid groups (broad SMARTS) is 1. The number of carbonyl (C=O) groups excluding carboxylic acids is 1. The molecule has 0 bridgehead atoms. The molecular formula is C22H18BrF5N4O4. The van der Waals surface area contributed by atoms with Crippen LogP contribution in [0.5, 0.6) is 0 Å². The van der Waals surface area contributed by atoms with Gasteiger partial charge in [0.2, 0.25) is 0 Å². The number of carboxylic acids is 1. The molecule has 0 aliphatic carbocycles. The minimum absolute atomic E-state index is 0.0847. The lowest BCUT2D eigenvalue weighted by molar-refractivity contribution is -0.167. The summed E-state index contributed by atoms with van der Waals surface area (Å²) in [4.78, 5) is 29.4. The molecule has 0 saturated carbocycles. The molecule has 3 aromatic rings. The molecule has 8 nitrogen and oxygen atoms in total. The van der Waals surface area contributed by atoms with Gasteiger partial charge in [-0.1, -0.05) is 0 Å². The zero-order chi connectivity index (χ0) is 26.2. The first-order chi connectivity index (χ1) is 17.0. The maximum atomic E-state index is 14.8. The number of aromatic nitrogens is 2. The number of pyridine rings is 1. The maximum Gasteiger partial charge on any atom is 0.411 e. The summed E-state index contributed by atoms with van der Waals surface area (Å²) in [5.74, 6) is -5.69. The van der Waals surface area contributed by atoms with Gasteiger partial charge in [-0.2, -0.15) is 13.2 Å². The van der Waals surface area contributed by atoms with Gasteiger partial charge in [-0.15, -0.1) is 0 Å². The largest absolute Gasteiger partial charge is 0.480 e. The second kappa shape index (κ2) is 10.0. The Kier molecular flexibility index (Phi) is 7.18. The van der Waals surface area contributed by atoms with Crippen molar-refractivity contribution in [1.82, 2.24) is 14.7 Å². The third-order valence-electron chi connectivity index (χ3n) is 5.69. The van der Waals surface area contributed by atoms with Crippen molar-refractivity contribution in [2.75, 3.05) is 24.7 Å². The average Bonchev–Trinajstić information content (AvgIpc) is 3.30. The van der Waals surface area contributed by atoms with Crippen LogP contribution in [0.2, 0.25) is 0 Å². The number of amides is 1. The molecule has 0 radical (unpaired) electrons. The van der Waals surface area contributed by atoms with Crippen LogP contribution < -0.4 is 10.2 Å². The first-order valence-corrected chi connectivity index (χ1v) is 11.3. The first kappa shape index (κ1) is 25.8. The number of nitrogens with zero attached hydrogens (tertiary/aromatic N) is 3. The van der Waals surface area contributed by atoms with E-state index in [9.17, 15) is 36.6 Å². The van der Waals surface area contributed by atoms with Gasteiger partial charge in [0.25, 0.3) is 5.91 Å². The predicted molar refractivity (Wildman–Crippen MR) is 120 cm³/mol. The van der Waals surface area contributed by atoms with Crippen molar-refractivity contribution in [3.8, 4) is 0 Å². The van der Waals surface area contributed by atoms with Gasteiger partial charge in [0.05, 0.1) is 17.7 Å². The van der Waals surface area contributed by atoms with Crippen molar-refractivity contribution in [1.29, 1.82) is 0 Å². The standard InChI is InChI=1S/C22H18BrF5N4O4/c23-13-2-1-11(32-4-3-29-19(13)32)9-16(21(34)35)30-20(33)18-14(24)7-12(8-15(18)25)31-5-6-36-10-17(31)22(26,27)28/h1-4,7-8,16-17H,5-6,9-10H2,(H,30,33)(H,34,35)/t16-,17+/m0/s1. The summed E-state index contributed by atoms with van der Waals surface area (Å²) < 4.78 is 76.8. The zero-order valence-corrected chi connectivity index (χ0v) is 19.8. The average molecular weight is 577 g/mol. The van der Waals surface area contributed by atoms with Crippen LogP contribution in [0.1, 0.15) is 16.1 Å². The quantitative estimate of drug-likeness (QED) is 0.436. The lowest BCUT2D eigenvalue weighted by Crippen LogP contribution is -2.53. The van der Waals surface area contributed by atoms with Gasteiger partial charge in [0, 0.05) is 36.7 Å². The summed E-state index contributed by atoms with van der Waals surface area (Å²) >= 11 is 3.32. The molecule has 1 saturated heterocycles. The summed E-state index contributed by atoms with van der Waals surface area (Å²) in [6.45, 7) is -1.07. The third kappa shape index (κ3) is 5.14. The van der Waals surface area contributed by atoms with E-state index in [2.05, 4.69) is 26.2 Å². The van der Waals surface area contributed by atoms with E-state index in [1.807, 2.05) is 0 Å². The Bertz CT molecular complexity index is 1290. The fraction of sp³-hybridized carbons (Fsp3) is 0.318. The molecule has 1 aromatic carbocycles. The van der Waals surface area contributed by atoms with Crippen molar-refractivity contribution < 1.29 is 41.4 Å². The number of nitrogens with one attached hydrogen (secondary N) is 1. The van der Waals surface area contributed by atoms with Crippen LogP contribution in [-0.2, 0) is 16.0 Å². The number of rotatable bonds is 6. The number of benzene rings is 1. The van der Waals surface area contributed by atoms with Gasteiger partial charge in [-0.3, -0.25) is 4.79 Å². The smallest absolute Gasteiger partial charge is 0.411 e. The minimum Gasteiger partial charge on any atom is -0.480 e. The molecule has 4 rings (SSSR count). The Morgan fingerprint density at radius 2 is 1.94 bits per heavy atom. The van der Waals surface area contributed by atoms with Crippen LogP contribution in [0.15, 0.2) is 41.1 Å². The Morgan fingerprint density at radius 3 is 2.58 bits per heavy atom. The second-order valence-electron chi connectivity index (χ2n) is 7.97. The number of imidazole rings is 1. The number of carbonyl (C=O) groups is 2. The highest BCUT2D eigenvalue weighted by atomic mass is 79.9. The van der Waals surface area contributed by atoms with Crippen LogP contribution in [0, 0.1) is 11.6 Å². The summed E-state index contributed by atoms with van der Waals surface area (Å²) in [5, 5.41) is 11.7. The molecule has 36 heavy (non-hydrogen) atoms. The number of ether oxygens (including phenoxy) is 1. The van der Waals surface area contributed by atoms with Gasteiger partial charge < -0.3 is 24.5 Å². The van der Waals surface area contributed by atoms with E-state index in [0.717, 1.165) is 4.90 Å². The van der Waals surface area contributed by atoms with E-state index in [1.54, 1.807) is 22.7 Å². The monoisotopic (exact) mass is 576 g/mol. The molecule has 1 aliphatic rings. The highest BCUT2D eigenvalue weighted by Crippen LogP contribution is 2.32. The molecule has 1 fully saturated rings. The van der Waals surface area contributed by atoms with Crippen molar-refractivity contribution in [3.05, 3.63) is 64.0 Å². The fourth-order valence-electron chi connectivity index (χ4n) is 3.97. The normalized spacial score (nSPS) is 17.3. The van der Waals surface area contributed by atoms with Gasteiger partial charge in [0.15, 0.2) is 5.65 Å². The first-order valence-electron chi connectivity index (χ1n) is 10.5. The Labute approximate surface area is 208 Å². The van der Waals surface area contributed by atoms with Gasteiger partial charge in [-0.25, -0.2) is 18.6 Å².